The minimum Gasteiger partial charge on any atom is -0.462 e. The third-order valence-corrected chi connectivity index (χ3v) is 6.37. The van der Waals surface area contributed by atoms with Gasteiger partial charge in [-0.3, -0.25) is 14.1 Å². The average molecular weight is 518 g/mol. The molecule has 35 heavy (non-hydrogen) atoms. The summed E-state index contributed by atoms with van der Waals surface area (Å²) in [6.45, 7) is 2.85. The van der Waals surface area contributed by atoms with E-state index in [1.54, 1.807) is 0 Å². The molecule has 0 aromatic heterocycles. The number of ether oxygens (including phenoxy) is 2. The Morgan fingerprint density at radius 2 is 1.11 bits per heavy atom. The second kappa shape index (κ2) is 27.5. The summed E-state index contributed by atoms with van der Waals surface area (Å²) in [7, 11) is -0.489. The Morgan fingerprint density at radius 3 is 1.60 bits per heavy atom. The van der Waals surface area contributed by atoms with Crippen molar-refractivity contribution in [2.75, 3.05) is 19.8 Å². The number of rotatable bonds is 27. The van der Waals surface area contributed by atoms with Crippen molar-refractivity contribution in [3.8, 4) is 0 Å². The largest absolute Gasteiger partial charge is 0.462 e. The predicted molar refractivity (Wildman–Crippen MR) is 141 cm³/mol. The molecule has 0 spiro atoms. The number of nitrogens with two attached hydrogens (primary N) is 1. The summed E-state index contributed by atoms with van der Waals surface area (Å²) in [5, 5.41) is 0. The van der Waals surface area contributed by atoms with Crippen LogP contribution in [0.4, 0.5) is 0 Å². The van der Waals surface area contributed by atoms with Crippen LogP contribution in [0.1, 0.15) is 135 Å². The standard InChI is InChI=1S/C27H52NO6P/c1-2-3-4-5-6-7-8-9-11-15-18-21-27(30)34-25(24-33-35-31)23-32-26(29)20-17-14-12-10-13-16-19-22-28/h25H,2-24,28H2,1H3/t25-/m1/s1. The van der Waals surface area contributed by atoms with E-state index in [1.165, 1.54) is 64.2 Å². The minimum absolute atomic E-state index is 0.0644. The summed E-state index contributed by atoms with van der Waals surface area (Å²) in [6.07, 6.45) is 20.8. The van der Waals surface area contributed by atoms with Gasteiger partial charge in [-0.15, -0.1) is 0 Å². The van der Waals surface area contributed by atoms with Gasteiger partial charge in [-0.05, 0) is 25.8 Å². The van der Waals surface area contributed by atoms with Crippen molar-refractivity contribution >= 4 is 20.6 Å². The number of carbonyl (C=O) groups is 2. The molecule has 1 atom stereocenters. The first kappa shape index (κ1) is 34.0. The minimum atomic E-state index is -0.733. The molecule has 0 heterocycles. The van der Waals surface area contributed by atoms with Gasteiger partial charge < -0.3 is 15.2 Å². The van der Waals surface area contributed by atoms with Crippen LogP contribution in [0.3, 0.4) is 0 Å². The fourth-order valence-corrected chi connectivity index (χ4v) is 4.19. The van der Waals surface area contributed by atoms with Gasteiger partial charge in [0.2, 0.25) is 0 Å². The quantitative estimate of drug-likeness (QED) is 0.0685. The number of unbranched alkanes of at least 4 members (excludes halogenated alkanes) is 16. The van der Waals surface area contributed by atoms with E-state index in [4.69, 9.17) is 19.7 Å². The van der Waals surface area contributed by atoms with E-state index in [0.29, 0.717) is 12.8 Å². The van der Waals surface area contributed by atoms with Crippen molar-refractivity contribution in [1.82, 2.24) is 0 Å². The van der Waals surface area contributed by atoms with Crippen LogP contribution in [0.15, 0.2) is 0 Å². The highest BCUT2D eigenvalue weighted by atomic mass is 31.1. The van der Waals surface area contributed by atoms with Crippen LogP contribution in [0.2, 0.25) is 0 Å². The summed E-state index contributed by atoms with van der Waals surface area (Å²) in [5.41, 5.74) is 5.48. The Hall–Kier alpha value is -1.04. The molecule has 0 aliphatic heterocycles. The van der Waals surface area contributed by atoms with E-state index in [2.05, 4.69) is 6.92 Å². The monoisotopic (exact) mass is 517 g/mol. The molecule has 7 nitrogen and oxygen atoms in total. The van der Waals surface area contributed by atoms with Gasteiger partial charge in [0.1, 0.15) is 13.2 Å². The zero-order valence-corrected chi connectivity index (χ0v) is 23.2. The lowest BCUT2D eigenvalue weighted by Gasteiger charge is -2.16. The van der Waals surface area contributed by atoms with Crippen LogP contribution in [0, 0.1) is 0 Å². The van der Waals surface area contributed by atoms with Crippen molar-refractivity contribution in [2.24, 2.45) is 5.73 Å². The maximum atomic E-state index is 12.2. The van der Waals surface area contributed by atoms with Gasteiger partial charge in [-0.2, -0.15) is 0 Å². The molecule has 0 saturated carbocycles. The highest BCUT2D eigenvalue weighted by Gasteiger charge is 2.17. The first-order valence-corrected chi connectivity index (χ1v) is 14.9. The van der Waals surface area contributed by atoms with Crippen molar-refractivity contribution < 1.29 is 28.2 Å². The Balaban J connectivity index is 3.83. The van der Waals surface area contributed by atoms with Crippen molar-refractivity contribution in [2.45, 2.75) is 141 Å². The van der Waals surface area contributed by atoms with Crippen LogP contribution < -0.4 is 5.73 Å². The summed E-state index contributed by atoms with van der Waals surface area (Å²) in [6, 6.07) is 0. The zero-order valence-electron chi connectivity index (χ0n) is 22.3. The maximum Gasteiger partial charge on any atom is 0.327 e. The van der Waals surface area contributed by atoms with Gasteiger partial charge in [0.05, 0.1) is 0 Å². The van der Waals surface area contributed by atoms with Gasteiger partial charge in [-0.25, -0.2) is 4.57 Å². The van der Waals surface area contributed by atoms with Crippen molar-refractivity contribution in [3.05, 3.63) is 0 Å². The molecule has 2 N–H and O–H groups in total. The SMILES string of the molecule is CCCCCCCCCCCCCC(=O)O[C@@H](COP=O)COC(=O)CCCCCCCCCN. The molecule has 0 unspecified atom stereocenters. The Labute approximate surface area is 215 Å². The Kier molecular flexibility index (Phi) is 26.7. The fraction of sp³-hybridized carbons (Fsp3) is 0.926. The lowest BCUT2D eigenvalue weighted by molar-refractivity contribution is -0.160. The van der Waals surface area contributed by atoms with Crippen LogP contribution in [0.5, 0.6) is 0 Å². The van der Waals surface area contributed by atoms with E-state index in [-0.39, 0.29) is 25.2 Å². The summed E-state index contributed by atoms with van der Waals surface area (Å²) < 4.78 is 26.1. The van der Waals surface area contributed by atoms with E-state index in [9.17, 15) is 14.2 Å². The molecule has 0 aliphatic carbocycles. The number of hydrogen-bond donors (Lipinski definition) is 1. The molecular weight excluding hydrogens is 465 g/mol. The number of esters is 2. The summed E-state index contributed by atoms with van der Waals surface area (Å²) in [4.78, 5) is 24.1. The zero-order chi connectivity index (χ0) is 25.8. The molecule has 0 saturated heterocycles. The van der Waals surface area contributed by atoms with Crippen LogP contribution in [-0.2, 0) is 28.2 Å². The number of carbonyl (C=O) groups excluding carboxylic acids is 2. The molecule has 0 bridgehead atoms. The Morgan fingerprint density at radius 1 is 0.657 bits per heavy atom. The lowest BCUT2D eigenvalue weighted by atomic mass is 10.1. The van der Waals surface area contributed by atoms with E-state index < -0.39 is 14.8 Å². The van der Waals surface area contributed by atoms with Crippen molar-refractivity contribution in [1.29, 1.82) is 0 Å². The fourth-order valence-electron chi connectivity index (χ4n) is 3.96. The molecule has 0 aromatic carbocycles. The van der Waals surface area contributed by atoms with Crippen LogP contribution >= 0.6 is 8.69 Å². The topological polar surface area (TPSA) is 105 Å². The van der Waals surface area contributed by atoms with Crippen LogP contribution in [0.25, 0.3) is 0 Å². The van der Waals surface area contributed by atoms with Gasteiger partial charge in [0.25, 0.3) is 0 Å². The van der Waals surface area contributed by atoms with Gasteiger partial charge in [0, 0.05) is 12.8 Å². The third-order valence-electron chi connectivity index (χ3n) is 6.11. The van der Waals surface area contributed by atoms with Gasteiger partial charge in [0.15, 0.2) is 6.10 Å². The van der Waals surface area contributed by atoms with E-state index in [0.717, 1.165) is 57.9 Å². The second-order valence-electron chi connectivity index (χ2n) is 9.46. The second-order valence-corrected chi connectivity index (χ2v) is 9.87. The molecule has 206 valence electrons. The van der Waals surface area contributed by atoms with Gasteiger partial charge >= 0.3 is 20.6 Å². The van der Waals surface area contributed by atoms with Gasteiger partial charge in [-0.1, -0.05) is 103 Å². The molecule has 0 rings (SSSR count). The molecule has 0 fully saturated rings. The molecule has 0 aromatic rings. The Bertz CT molecular complexity index is 506. The summed E-state index contributed by atoms with van der Waals surface area (Å²) in [5.74, 6) is -0.637. The van der Waals surface area contributed by atoms with E-state index >= 15 is 0 Å². The number of hydrogen-bond acceptors (Lipinski definition) is 7. The lowest BCUT2D eigenvalue weighted by Crippen LogP contribution is -2.28. The molecule has 0 radical (unpaired) electrons. The molecular formula is C27H52NO6P. The average Bonchev–Trinajstić information content (AvgIpc) is 2.85. The summed E-state index contributed by atoms with van der Waals surface area (Å²) >= 11 is 0. The highest BCUT2D eigenvalue weighted by Crippen LogP contribution is 2.13. The molecule has 0 amide bonds. The smallest absolute Gasteiger partial charge is 0.327 e. The maximum absolute atomic E-state index is 12.2. The first-order chi connectivity index (χ1) is 17.1. The predicted octanol–water partition coefficient (Wildman–Crippen LogP) is 7.45. The molecule has 0 aliphatic rings. The molecule has 8 heteroatoms. The first-order valence-electron chi connectivity index (χ1n) is 14.1. The highest BCUT2D eigenvalue weighted by molar-refractivity contribution is 7.17. The van der Waals surface area contributed by atoms with Crippen molar-refractivity contribution in [3.63, 3.8) is 0 Å². The third kappa shape index (κ3) is 25.8. The van der Waals surface area contributed by atoms with Crippen LogP contribution in [-0.4, -0.2) is 37.8 Å². The normalized spacial score (nSPS) is 12.1. The van der Waals surface area contributed by atoms with E-state index in [1.807, 2.05) is 0 Å².